The van der Waals surface area contributed by atoms with Gasteiger partial charge in [-0.1, -0.05) is 84.0 Å². The Bertz CT molecular complexity index is 1680. The molecule has 0 atom stereocenters. The van der Waals surface area contributed by atoms with Gasteiger partial charge in [-0.15, -0.1) is 0 Å². The minimum atomic E-state index is -3.69. The number of hydrogen-bond donors (Lipinski definition) is 2. The number of primary amides is 1. The van der Waals surface area contributed by atoms with Crippen LogP contribution in [0.25, 0.3) is 22.0 Å². The summed E-state index contributed by atoms with van der Waals surface area (Å²) in [6.45, 7) is 13.5. The van der Waals surface area contributed by atoms with E-state index < -0.39 is 15.9 Å². The number of fused-ring (bicyclic) bond motifs is 1. The highest BCUT2D eigenvalue weighted by Crippen LogP contribution is 2.40. The molecule has 7 heteroatoms. The van der Waals surface area contributed by atoms with Crippen molar-refractivity contribution in [3.63, 3.8) is 0 Å². The van der Waals surface area contributed by atoms with Crippen LogP contribution in [0.2, 0.25) is 0 Å². The number of nitrogens with two attached hydrogens (primary N) is 1. The number of nitrogens with zero attached hydrogens (tertiary/aromatic N) is 1. The molecule has 5 rings (SSSR count). The maximum atomic E-state index is 14.3. The summed E-state index contributed by atoms with van der Waals surface area (Å²) in [7, 11) is -3.69. The molecule has 1 fully saturated rings. The fraction of sp³-hybridized carbons (Fsp3) is 0.400. The van der Waals surface area contributed by atoms with Crippen molar-refractivity contribution in [1.82, 2.24) is 9.29 Å². The summed E-state index contributed by atoms with van der Waals surface area (Å²) in [5.41, 5.74) is 13.1. The van der Waals surface area contributed by atoms with Crippen LogP contribution in [0.5, 0.6) is 0 Å². The van der Waals surface area contributed by atoms with Crippen molar-refractivity contribution < 1.29 is 13.2 Å². The molecule has 0 saturated carbocycles. The third-order valence-electron chi connectivity index (χ3n) is 8.76. The number of carbonyl (C=O) groups is 1. The third-order valence-corrected chi connectivity index (χ3v) is 10.8. The maximum absolute atomic E-state index is 14.3. The van der Waals surface area contributed by atoms with Crippen molar-refractivity contribution in [3.05, 3.63) is 88.6 Å². The average molecular weight is 586 g/mol. The third kappa shape index (κ3) is 5.52. The van der Waals surface area contributed by atoms with Crippen LogP contribution in [0.4, 0.5) is 0 Å². The first-order chi connectivity index (χ1) is 19.9. The number of carbonyl (C=O) groups excluding carboxylic acids is 1. The summed E-state index contributed by atoms with van der Waals surface area (Å²) < 4.78 is 30.3. The van der Waals surface area contributed by atoms with Crippen LogP contribution in [-0.2, 0) is 10.0 Å². The molecule has 222 valence electrons. The highest BCUT2D eigenvalue weighted by atomic mass is 32.2. The van der Waals surface area contributed by atoms with Gasteiger partial charge in [-0.3, -0.25) is 4.79 Å². The highest BCUT2D eigenvalue weighted by Gasteiger charge is 2.35. The number of aromatic amines is 1. The Morgan fingerprint density at radius 2 is 1.45 bits per heavy atom. The fourth-order valence-electron chi connectivity index (χ4n) is 6.31. The number of benzene rings is 3. The quantitative estimate of drug-likeness (QED) is 0.220. The fourth-order valence-corrected chi connectivity index (χ4v) is 8.44. The van der Waals surface area contributed by atoms with Gasteiger partial charge >= 0.3 is 0 Å². The Hall–Kier alpha value is -3.42. The van der Waals surface area contributed by atoms with E-state index in [9.17, 15) is 13.2 Å². The van der Waals surface area contributed by atoms with Crippen molar-refractivity contribution in [2.24, 2.45) is 5.73 Å². The van der Waals surface area contributed by atoms with Crippen LogP contribution in [0, 0.1) is 0 Å². The molecule has 1 aliphatic heterocycles. The number of H-pyrrole nitrogens is 1. The number of hydrogen-bond acceptors (Lipinski definition) is 3. The molecule has 0 aliphatic carbocycles. The first kappa shape index (κ1) is 30.1. The average Bonchev–Trinajstić information content (AvgIpc) is 3.40. The highest BCUT2D eigenvalue weighted by molar-refractivity contribution is 7.89. The number of rotatable bonds is 8. The predicted molar refractivity (Wildman–Crippen MR) is 172 cm³/mol. The van der Waals surface area contributed by atoms with Gasteiger partial charge in [0, 0.05) is 24.7 Å². The van der Waals surface area contributed by atoms with E-state index in [1.165, 1.54) is 5.56 Å². The molecular formula is C35H43N3O3S. The van der Waals surface area contributed by atoms with Gasteiger partial charge in [0.25, 0.3) is 5.91 Å². The van der Waals surface area contributed by atoms with Gasteiger partial charge in [0.1, 0.15) is 0 Å². The zero-order valence-corrected chi connectivity index (χ0v) is 26.4. The predicted octanol–water partition coefficient (Wildman–Crippen LogP) is 7.87. The standard InChI is InChI=1S/C35H43N3O3S/c1-21(2)26-16-28(22(3)4)34(29(17-26)23(5)6)42(40,41)38-14-12-25(13-15-38)32-20-37-33-30(32)18-27(19-31(33)35(36)39)24-10-8-7-9-11-24/h7-11,16-23,25,37H,12-15H2,1-6H3,(H2,36,39). The van der Waals surface area contributed by atoms with Gasteiger partial charge in [-0.25, -0.2) is 8.42 Å². The van der Waals surface area contributed by atoms with Crippen molar-refractivity contribution in [1.29, 1.82) is 0 Å². The first-order valence-electron chi connectivity index (χ1n) is 15.1. The van der Waals surface area contributed by atoms with E-state index in [1.807, 2.05) is 42.6 Å². The second-order valence-corrected chi connectivity index (χ2v) is 14.5. The van der Waals surface area contributed by atoms with Crippen molar-refractivity contribution >= 4 is 26.8 Å². The largest absolute Gasteiger partial charge is 0.366 e. The van der Waals surface area contributed by atoms with E-state index in [0.29, 0.717) is 42.3 Å². The van der Waals surface area contributed by atoms with E-state index in [4.69, 9.17) is 5.73 Å². The Balaban J connectivity index is 1.48. The Morgan fingerprint density at radius 1 is 0.857 bits per heavy atom. The summed E-state index contributed by atoms with van der Waals surface area (Å²) >= 11 is 0. The lowest BCUT2D eigenvalue weighted by Gasteiger charge is -2.33. The number of amides is 1. The first-order valence-corrected chi connectivity index (χ1v) is 16.5. The van der Waals surface area contributed by atoms with Crippen molar-refractivity contribution in [2.75, 3.05) is 13.1 Å². The van der Waals surface area contributed by atoms with Gasteiger partial charge in [-0.2, -0.15) is 4.31 Å². The summed E-state index contributed by atoms with van der Waals surface area (Å²) in [6.07, 6.45) is 3.37. The molecule has 1 aliphatic rings. The van der Waals surface area contributed by atoms with Crippen LogP contribution < -0.4 is 5.73 Å². The summed E-state index contributed by atoms with van der Waals surface area (Å²) in [4.78, 5) is 16.2. The number of piperidine rings is 1. The SMILES string of the molecule is CC(C)c1cc(C(C)C)c(S(=O)(=O)N2CCC(c3c[nH]c4c(C(N)=O)cc(-c5ccccc5)cc34)CC2)c(C(C)C)c1. The van der Waals surface area contributed by atoms with E-state index in [2.05, 4.69) is 64.7 Å². The molecule has 0 bridgehead atoms. The summed E-state index contributed by atoms with van der Waals surface area (Å²) in [6, 6.07) is 18.1. The van der Waals surface area contributed by atoms with Gasteiger partial charge in [-0.05, 0) is 82.0 Å². The maximum Gasteiger partial charge on any atom is 0.250 e. The van der Waals surface area contributed by atoms with Crippen LogP contribution >= 0.6 is 0 Å². The number of aromatic nitrogens is 1. The second-order valence-electron chi connectivity index (χ2n) is 12.6. The van der Waals surface area contributed by atoms with Crippen molar-refractivity contribution in [3.8, 4) is 11.1 Å². The molecule has 1 saturated heterocycles. The van der Waals surface area contributed by atoms with Gasteiger partial charge in [0.15, 0.2) is 0 Å². The second kappa shape index (κ2) is 11.7. The molecule has 0 unspecified atom stereocenters. The molecule has 4 aromatic rings. The molecule has 3 aromatic carbocycles. The molecule has 0 radical (unpaired) electrons. The van der Waals surface area contributed by atoms with Crippen LogP contribution in [0.3, 0.4) is 0 Å². The molecule has 1 aromatic heterocycles. The lowest BCUT2D eigenvalue weighted by molar-refractivity contribution is 0.100. The molecule has 1 amide bonds. The summed E-state index contributed by atoms with van der Waals surface area (Å²) in [5.74, 6) is 0.189. The molecule has 6 nitrogen and oxygen atoms in total. The number of nitrogens with one attached hydrogen (secondary N) is 1. The van der Waals surface area contributed by atoms with Gasteiger partial charge in [0.05, 0.1) is 16.0 Å². The van der Waals surface area contributed by atoms with Crippen LogP contribution in [-0.4, -0.2) is 36.7 Å². The molecule has 2 heterocycles. The topological polar surface area (TPSA) is 96.3 Å². The molecule has 42 heavy (non-hydrogen) atoms. The minimum absolute atomic E-state index is 0.0907. The molecule has 0 spiro atoms. The molecular weight excluding hydrogens is 542 g/mol. The monoisotopic (exact) mass is 585 g/mol. The lowest BCUT2D eigenvalue weighted by Crippen LogP contribution is -2.39. The van der Waals surface area contributed by atoms with E-state index >= 15 is 0 Å². The zero-order valence-electron chi connectivity index (χ0n) is 25.6. The van der Waals surface area contributed by atoms with E-state index in [0.717, 1.165) is 38.7 Å². The number of sulfonamides is 1. The van der Waals surface area contributed by atoms with Gasteiger partial charge < -0.3 is 10.7 Å². The smallest absolute Gasteiger partial charge is 0.250 e. The van der Waals surface area contributed by atoms with Crippen LogP contribution in [0.15, 0.2) is 65.7 Å². The Morgan fingerprint density at radius 3 is 1.98 bits per heavy atom. The summed E-state index contributed by atoms with van der Waals surface area (Å²) in [5, 5.41) is 0.972. The van der Waals surface area contributed by atoms with Gasteiger partial charge in [0.2, 0.25) is 10.0 Å². The van der Waals surface area contributed by atoms with E-state index in [-0.39, 0.29) is 17.8 Å². The zero-order chi connectivity index (χ0) is 30.3. The Kier molecular flexibility index (Phi) is 8.37. The normalized spacial score (nSPS) is 15.4. The lowest BCUT2D eigenvalue weighted by atomic mass is 9.88. The van der Waals surface area contributed by atoms with E-state index in [1.54, 1.807) is 4.31 Å². The minimum Gasteiger partial charge on any atom is -0.366 e. The molecule has 3 N–H and O–H groups in total. The Labute approximate surface area is 250 Å². The van der Waals surface area contributed by atoms with Crippen molar-refractivity contribution in [2.45, 2.75) is 83.0 Å². The van der Waals surface area contributed by atoms with Crippen LogP contribution in [0.1, 0.15) is 111 Å².